The Morgan fingerprint density at radius 1 is 1.67 bits per heavy atom. The molecule has 80 valence electrons. The average molecular weight is 207 g/mol. The van der Waals surface area contributed by atoms with Crippen LogP contribution in [0.4, 0.5) is 0 Å². The molecule has 2 heterocycles. The Balaban J connectivity index is 2.11. The molecule has 0 aromatic carbocycles. The van der Waals surface area contributed by atoms with E-state index in [0.717, 1.165) is 0 Å². The summed E-state index contributed by atoms with van der Waals surface area (Å²) in [6, 6.07) is 3.35. The van der Waals surface area contributed by atoms with Crippen molar-refractivity contribution in [2.45, 2.75) is 12.6 Å². The molecule has 2 rings (SSSR count). The van der Waals surface area contributed by atoms with Crippen LogP contribution in [0.1, 0.15) is 16.1 Å². The molecular formula is C10H13N3O2. The van der Waals surface area contributed by atoms with Crippen LogP contribution in [0.15, 0.2) is 18.3 Å². The predicted octanol–water partition coefficient (Wildman–Crippen LogP) is -0.643. The topological polar surface area (TPSA) is 79.5 Å². The molecule has 5 heteroatoms. The Hall–Kier alpha value is -1.46. The van der Waals surface area contributed by atoms with Crippen molar-refractivity contribution in [1.82, 2.24) is 9.88 Å². The van der Waals surface area contributed by atoms with Crippen LogP contribution < -0.4 is 5.73 Å². The minimum absolute atomic E-state index is 0.0719. The van der Waals surface area contributed by atoms with Crippen molar-refractivity contribution in [2.24, 2.45) is 5.73 Å². The summed E-state index contributed by atoms with van der Waals surface area (Å²) in [6.07, 6.45) is 1.20. The number of aliphatic hydroxyl groups excluding tert-OH is 1. The van der Waals surface area contributed by atoms with Crippen molar-refractivity contribution in [2.75, 3.05) is 13.1 Å². The number of carbonyl (C=O) groups is 1. The summed E-state index contributed by atoms with van der Waals surface area (Å²) in [5.74, 6) is -0.0719. The van der Waals surface area contributed by atoms with Crippen LogP contribution >= 0.6 is 0 Å². The van der Waals surface area contributed by atoms with E-state index < -0.39 is 0 Å². The van der Waals surface area contributed by atoms with Crippen molar-refractivity contribution < 1.29 is 9.90 Å². The highest BCUT2D eigenvalue weighted by atomic mass is 16.3. The van der Waals surface area contributed by atoms with Crippen molar-refractivity contribution >= 4 is 5.91 Å². The van der Waals surface area contributed by atoms with E-state index in [2.05, 4.69) is 4.98 Å². The standard InChI is InChI=1S/C10H13N3O2/c11-4-8-3-7(1-2-12-8)10(15)13-5-9(14)6-13/h1-3,9,14H,4-6,11H2. The lowest BCUT2D eigenvalue weighted by Crippen LogP contribution is -2.53. The lowest BCUT2D eigenvalue weighted by Gasteiger charge is -2.35. The Kier molecular flexibility index (Phi) is 2.66. The summed E-state index contributed by atoms with van der Waals surface area (Å²) in [5, 5.41) is 9.09. The third-order valence-electron chi connectivity index (χ3n) is 2.42. The van der Waals surface area contributed by atoms with Gasteiger partial charge in [-0.15, -0.1) is 0 Å². The van der Waals surface area contributed by atoms with Gasteiger partial charge in [0.25, 0.3) is 5.91 Å². The van der Waals surface area contributed by atoms with Gasteiger partial charge in [0.2, 0.25) is 0 Å². The quantitative estimate of drug-likeness (QED) is 0.676. The van der Waals surface area contributed by atoms with E-state index in [4.69, 9.17) is 10.8 Å². The fourth-order valence-electron chi connectivity index (χ4n) is 1.53. The SMILES string of the molecule is NCc1cc(C(=O)N2CC(O)C2)ccn1. The predicted molar refractivity (Wildman–Crippen MR) is 54.0 cm³/mol. The molecule has 0 spiro atoms. The summed E-state index contributed by atoms with van der Waals surface area (Å²) >= 11 is 0. The maximum absolute atomic E-state index is 11.8. The smallest absolute Gasteiger partial charge is 0.254 e. The van der Waals surface area contributed by atoms with Gasteiger partial charge in [-0.2, -0.15) is 0 Å². The minimum atomic E-state index is -0.371. The number of hydrogen-bond acceptors (Lipinski definition) is 4. The third kappa shape index (κ3) is 1.98. The van der Waals surface area contributed by atoms with Crippen LogP contribution in [0.3, 0.4) is 0 Å². The van der Waals surface area contributed by atoms with Crippen LogP contribution in [0.2, 0.25) is 0 Å². The maximum Gasteiger partial charge on any atom is 0.254 e. The fourth-order valence-corrected chi connectivity index (χ4v) is 1.53. The molecule has 1 aromatic heterocycles. The fraction of sp³-hybridized carbons (Fsp3) is 0.400. The van der Waals surface area contributed by atoms with Gasteiger partial charge in [0, 0.05) is 31.4 Å². The largest absolute Gasteiger partial charge is 0.389 e. The number of β-amino-alcohol motifs (C(OH)–C–C–N with tert-alkyl or cyclic N) is 1. The molecule has 0 saturated carbocycles. The lowest BCUT2D eigenvalue weighted by atomic mass is 10.1. The van der Waals surface area contributed by atoms with E-state index in [1.165, 1.54) is 0 Å². The Morgan fingerprint density at radius 3 is 3.00 bits per heavy atom. The normalized spacial score (nSPS) is 16.3. The Bertz CT molecular complexity index is 375. The summed E-state index contributed by atoms with van der Waals surface area (Å²) < 4.78 is 0. The van der Waals surface area contributed by atoms with E-state index in [1.807, 2.05) is 0 Å². The van der Waals surface area contributed by atoms with Gasteiger partial charge in [-0.25, -0.2) is 0 Å². The lowest BCUT2D eigenvalue weighted by molar-refractivity contribution is 0.00588. The molecule has 1 aliphatic heterocycles. The number of rotatable bonds is 2. The van der Waals surface area contributed by atoms with Crippen LogP contribution in [-0.4, -0.2) is 40.1 Å². The van der Waals surface area contributed by atoms with Gasteiger partial charge in [0.1, 0.15) is 0 Å². The second-order valence-electron chi connectivity index (χ2n) is 3.60. The molecular weight excluding hydrogens is 194 g/mol. The molecule has 1 aromatic rings. The van der Waals surface area contributed by atoms with Gasteiger partial charge in [0.15, 0.2) is 0 Å². The highest BCUT2D eigenvalue weighted by molar-refractivity contribution is 5.94. The number of pyridine rings is 1. The van der Waals surface area contributed by atoms with Crippen molar-refractivity contribution in [1.29, 1.82) is 0 Å². The molecule has 1 aliphatic rings. The Labute approximate surface area is 87.5 Å². The molecule has 1 fully saturated rings. The third-order valence-corrected chi connectivity index (χ3v) is 2.42. The first-order valence-corrected chi connectivity index (χ1v) is 4.83. The first kappa shape index (κ1) is 10.1. The van der Waals surface area contributed by atoms with Crippen LogP contribution in [0.25, 0.3) is 0 Å². The van der Waals surface area contributed by atoms with Gasteiger partial charge in [-0.05, 0) is 12.1 Å². The second kappa shape index (κ2) is 3.96. The molecule has 1 amide bonds. The van der Waals surface area contributed by atoms with Gasteiger partial charge >= 0.3 is 0 Å². The first-order chi connectivity index (χ1) is 7.20. The number of nitrogens with zero attached hydrogens (tertiary/aromatic N) is 2. The van der Waals surface area contributed by atoms with E-state index in [1.54, 1.807) is 23.2 Å². The van der Waals surface area contributed by atoms with Crippen molar-refractivity contribution in [3.05, 3.63) is 29.6 Å². The maximum atomic E-state index is 11.8. The average Bonchev–Trinajstić information content (AvgIpc) is 2.24. The molecule has 0 atom stereocenters. The minimum Gasteiger partial charge on any atom is -0.389 e. The van der Waals surface area contributed by atoms with E-state index in [9.17, 15) is 4.79 Å². The summed E-state index contributed by atoms with van der Waals surface area (Å²) in [5.41, 5.74) is 6.71. The number of aromatic nitrogens is 1. The highest BCUT2D eigenvalue weighted by Crippen LogP contribution is 2.13. The highest BCUT2D eigenvalue weighted by Gasteiger charge is 2.29. The van der Waals surface area contributed by atoms with Crippen LogP contribution in [-0.2, 0) is 6.54 Å². The number of likely N-dealkylation sites (tertiary alicyclic amines) is 1. The van der Waals surface area contributed by atoms with Gasteiger partial charge in [0.05, 0.1) is 11.8 Å². The summed E-state index contributed by atoms with van der Waals surface area (Å²) in [6.45, 7) is 1.15. The Morgan fingerprint density at radius 2 is 2.40 bits per heavy atom. The van der Waals surface area contributed by atoms with Crippen LogP contribution in [0.5, 0.6) is 0 Å². The van der Waals surface area contributed by atoms with Crippen LogP contribution in [0, 0.1) is 0 Å². The molecule has 0 unspecified atom stereocenters. The zero-order chi connectivity index (χ0) is 10.8. The number of amides is 1. The summed E-state index contributed by atoms with van der Waals surface area (Å²) in [7, 11) is 0. The van der Waals surface area contributed by atoms with Gasteiger partial charge < -0.3 is 15.7 Å². The second-order valence-corrected chi connectivity index (χ2v) is 3.60. The molecule has 0 bridgehead atoms. The zero-order valence-corrected chi connectivity index (χ0v) is 8.26. The zero-order valence-electron chi connectivity index (χ0n) is 8.26. The molecule has 15 heavy (non-hydrogen) atoms. The monoisotopic (exact) mass is 207 g/mol. The van der Waals surface area contributed by atoms with E-state index >= 15 is 0 Å². The van der Waals surface area contributed by atoms with Gasteiger partial charge in [-0.3, -0.25) is 9.78 Å². The van der Waals surface area contributed by atoms with Crippen molar-refractivity contribution in [3.63, 3.8) is 0 Å². The number of nitrogens with two attached hydrogens (primary N) is 1. The van der Waals surface area contributed by atoms with Gasteiger partial charge in [-0.1, -0.05) is 0 Å². The molecule has 0 radical (unpaired) electrons. The number of hydrogen-bond donors (Lipinski definition) is 2. The number of carbonyl (C=O) groups excluding carboxylic acids is 1. The first-order valence-electron chi connectivity index (χ1n) is 4.83. The molecule has 3 N–H and O–H groups in total. The molecule has 5 nitrogen and oxygen atoms in total. The van der Waals surface area contributed by atoms with Crippen molar-refractivity contribution in [3.8, 4) is 0 Å². The van der Waals surface area contributed by atoms with E-state index in [0.29, 0.717) is 30.9 Å². The number of aliphatic hydroxyl groups is 1. The molecule has 0 aliphatic carbocycles. The molecule has 1 saturated heterocycles. The van der Waals surface area contributed by atoms with E-state index in [-0.39, 0.29) is 12.0 Å². The summed E-state index contributed by atoms with van der Waals surface area (Å²) in [4.78, 5) is 17.4.